The molecule has 2 aromatic carbocycles. The van der Waals surface area contributed by atoms with Gasteiger partial charge in [0.15, 0.2) is 11.5 Å². The van der Waals surface area contributed by atoms with Crippen molar-refractivity contribution in [3.8, 4) is 11.8 Å². The molecule has 37 heavy (non-hydrogen) atoms. The van der Waals surface area contributed by atoms with Crippen LogP contribution in [0.15, 0.2) is 81.1 Å². The van der Waals surface area contributed by atoms with Crippen LogP contribution >= 0.6 is 0 Å². The van der Waals surface area contributed by atoms with Crippen molar-refractivity contribution >= 4 is 17.5 Å². The van der Waals surface area contributed by atoms with Gasteiger partial charge in [-0.1, -0.05) is 30.3 Å². The third-order valence-corrected chi connectivity index (χ3v) is 6.75. The van der Waals surface area contributed by atoms with Crippen molar-refractivity contribution in [2.45, 2.75) is 26.2 Å². The summed E-state index contributed by atoms with van der Waals surface area (Å²) in [5.41, 5.74) is 1.24. The lowest BCUT2D eigenvalue weighted by Crippen LogP contribution is -2.42. The van der Waals surface area contributed by atoms with Crippen LogP contribution in [0, 0.1) is 18.3 Å². The summed E-state index contributed by atoms with van der Waals surface area (Å²) in [4.78, 5) is 42.7. The summed E-state index contributed by atoms with van der Waals surface area (Å²) in [6.45, 7) is 2.86. The molecule has 0 unspecified atom stereocenters. The molecule has 0 spiro atoms. The van der Waals surface area contributed by atoms with Crippen LogP contribution in [0.3, 0.4) is 0 Å². The number of nitriles is 1. The Morgan fingerprint density at radius 2 is 1.49 bits per heavy atom. The van der Waals surface area contributed by atoms with Crippen LogP contribution in [0.4, 0.5) is 5.69 Å². The Morgan fingerprint density at radius 3 is 2.08 bits per heavy atom. The average molecular weight is 496 g/mol. The standard InChI is InChI=1S/C27H25N7O3/c1-18-23(27(37)34(31(18)2)19-11-5-3-6-12-19)30-29-22(17-28)24(32-15-9-4-10-16-32)33-25(35)20-13-7-8-14-21(20)26(33)36/h3,5-8,11-14H,4,9-10,15-16H2,1-2H3/b24-22+,30-29?. The molecule has 3 aromatic rings. The van der Waals surface area contributed by atoms with Gasteiger partial charge in [0, 0.05) is 20.1 Å². The molecule has 2 aliphatic rings. The van der Waals surface area contributed by atoms with Gasteiger partial charge in [0.05, 0.1) is 22.5 Å². The topological polar surface area (TPSA) is 116 Å². The normalized spacial score (nSPS) is 16.2. The van der Waals surface area contributed by atoms with Crippen LogP contribution in [0.2, 0.25) is 0 Å². The van der Waals surface area contributed by atoms with Crippen molar-refractivity contribution in [1.29, 1.82) is 5.26 Å². The van der Waals surface area contributed by atoms with E-state index in [1.54, 1.807) is 55.1 Å². The average Bonchev–Trinajstić information content (AvgIpc) is 3.31. The summed E-state index contributed by atoms with van der Waals surface area (Å²) in [5, 5.41) is 18.5. The van der Waals surface area contributed by atoms with E-state index in [1.807, 2.05) is 29.2 Å². The minimum atomic E-state index is -0.508. The lowest BCUT2D eigenvalue weighted by Gasteiger charge is -2.34. The minimum absolute atomic E-state index is 0.0689. The number of aromatic nitrogens is 2. The maximum Gasteiger partial charge on any atom is 0.299 e. The Kier molecular flexibility index (Phi) is 6.27. The molecule has 5 rings (SSSR count). The first-order valence-corrected chi connectivity index (χ1v) is 12.1. The molecule has 3 heterocycles. The van der Waals surface area contributed by atoms with Gasteiger partial charge in [-0.2, -0.15) is 5.26 Å². The molecule has 0 radical (unpaired) electrons. The fourth-order valence-corrected chi connectivity index (χ4v) is 4.77. The number of piperidine rings is 1. The predicted octanol–water partition coefficient (Wildman–Crippen LogP) is 4.04. The second-order valence-corrected chi connectivity index (χ2v) is 8.93. The summed E-state index contributed by atoms with van der Waals surface area (Å²) in [6.07, 6.45) is 2.71. The molecule has 0 saturated carbocycles. The summed E-state index contributed by atoms with van der Waals surface area (Å²) < 4.78 is 3.13. The second kappa shape index (κ2) is 9.70. The number of nitrogens with zero attached hydrogens (tertiary/aromatic N) is 7. The van der Waals surface area contributed by atoms with Gasteiger partial charge in [-0.15, -0.1) is 10.2 Å². The zero-order chi connectivity index (χ0) is 26.1. The van der Waals surface area contributed by atoms with Crippen molar-refractivity contribution in [3.05, 3.63) is 93.3 Å². The van der Waals surface area contributed by atoms with Crippen LogP contribution in [-0.4, -0.2) is 44.1 Å². The molecule has 0 N–H and O–H groups in total. The van der Waals surface area contributed by atoms with E-state index >= 15 is 0 Å². The fraction of sp³-hybridized carbons (Fsp3) is 0.259. The first kappa shape index (κ1) is 23.9. The van der Waals surface area contributed by atoms with Gasteiger partial charge in [-0.25, -0.2) is 9.58 Å². The van der Waals surface area contributed by atoms with Crippen LogP contribution in [-0.2, 0) is 7.05 Å². The van der Waals surface area contributed by atoms with Gasteiger partial charge in [0.25, 0.3) is 17.4 Å². The highest BCUT2D eigenvalue weighted by molar-refractivity contribution is 6.22. The molecular weight excluding hydrogens is 470 g/mol. The van der Waals surface area contributed by atoms with Crippen LogP contribution in [0.25, 0.3) is 5.69 Å². The van der Waals surface area contributed by atoms with Crippen LogP contribution < -0.4 is 5.56 Å². The van der Waals surface area contributed by atoms with Crippen LogP contribution in [0.5, 0.6) is 0 Å². The van der Waals surface area contributed by atoms with Gasteiger partial charge >= 0.3 is 0 Å². The third kappa shape index (κ3) is 4.04. The van der Waals surface area contributed by atoms with E-state index in [9.17, 15) is 19.6 Å². The monoisotopic (exact) mass is 495 g/mol. The number of benzene rings is 2. The molecular formula is C27H25N7O3. The van der Waals surface area contributed by atoms with Crippen LogP contribution in [0.1, 0.15) is 45.7 Å². The summed E-state index contributed by atoms with van der Waals surface area (Å²) in [5.74, 6) is -0.910. The molecule has 2 aliphatic heterocycles. The Labute approximate surface area is 213 Å². The number of carbonyl (C=O) groups excluding carboxylic acids is 2. The number of fused-ring (bicyclic) bond motifs is 1. The third-order valence-electron chi connectivity index (χ3n) is 6.75. The Bertz CT molecular complexity index is 1520. The maximum atomic E-state index is 13.3. The number of amides is 2. The molecule has 0 atom stereocenters. The maximum absolute atomic E-state index is 13.3. The number of azo groups is 1. The molecule has 1 fully saturated rings. The SMILES string of the molecule is Cc1c(N=N/C(C#N)=C(\N2CCCCC2)N2C(=O)c3ccccc3C2=O)c(=O)n(-c2ccccc2)n1C. The summed E-state index contributed by atoms with van der Waals surface area (Å²) in [6, 6.07) is 17.7. The number of allylic oxidation sites excluding steroid dienone is 1. The minimum Gasteiger partial charge on any atom is -0.355 e. The molecule has 0 bridgehead atoms. The second-order valence-electron chi connectivity index (χ2n) is 8.93. The highest BCUT2D eigenvalue weighted by atomic mass is 16.2. The lowest BCUT2D eigenvalue weighted by atomic mass is 10.1. The largest absolute Gasteiger partial charge is 0.355 e. The molecule has 1 saturated heterocycles. The number of hydrogen-bond donors (Lipinski definition) is 0. The van der Waals surface area contributed by atoms with E-state index in [0.29, 0.717) is 24.5 Å². The predicted molar refractivity (Wildman–Crippen MR) is 135 cm³/mol. The zero-order valence-electron chi connectivity index (χ0n) is 20.6. The lowest BCUT2D eigenvalue weighted by molar-refractivity contribution is 0.0636. The van der Waals surface area contributed by atoms with E-state index < -0.39 is 17.4 Å². The zero-order valence-corrected chi connectivity index (χ0v) is 20.6. The molecule has 10 nitrogen and oxygen atoms in total. The van der Waals surface area contributed by atoms with Crippen molar-refractivity contribution in [2.75, 3.05) is 13.1 Å². The van der Waals surface area contributed by atoms with Gasteiger partial charge in [-0.05, 0) is 50.5 Å². The highest BCUT2D eigenvalue weighted by Crippen LogP contribution is 2.31. The summed E-state index contributed by atoms with van der Waals surface area (Å²) in [7, 11) is 1.74. The number of likely N-dealkylation sites (tertiary alicyclic amines) is 1. The molecule has 0 aliphatic carbocycles. The number of para-hydroxylation sites is 1. The van der Waals surface area contributed by atoms with Gasteiger partial charge in [-0.3, -0.25) is 19.1 Å². The van der Waals surface area contributed by atoms with E-state index in [-0.39, 0.29) is 28.3 Å². The van der Waals surface area contributed by atoms with Crippen molar-refractivity contribution in [2.24, 2.45) is 17.3 Å². The van der Waals surface area contributed by atoms with Crippen molar-refractivity contribution in [3.63, 3.8) is 0 Å². The van der Waals surface area contributed by atoms with E-state index in [0.717, 1.165) is 24.2 Å². The number of hydrogen-bond acceptors (Lipinski definition) is 7. The first-order valence-electron chi connectivity index (χ1n) is 12.1. The number of rotatable bonds is 5. The van der Waals surface area contributed by atoms with E-state index in [2.05, 4.69) is 10.2 Å². The van der Waals surface area contributed by atoms with Crippen molar-refractivity contribution in [1.82, 2.24) is 19.2 Å². The Hall–Kier alpha value is -4.78. The van der Waals surface area contributed by atoms with E-state index in [4.69, 9.17) is 0 Å². The fourth-order valence-electron chi connectivity index (χ4n) is 4.77. The van der Waals surface area contributed by atoms with Crippen molar-refractivity contribution < 1.29 is 9.59 Å². The van der Waals surface area contributed by atoms with Gasteiger partial charge in [0.1, 0.15) is 6.07 Å². The molecule has 10 heteroatoms. The highest BCUT2D eigenvalue weighted by Gasteiger charge is 2.41. The summed E-state index contributed by atoms with van der Waals surface area (Å²) >= 11 is 0. The Balaban J connectivity index is 1.62. The number of imide groups is 1. The molecule has 1 aromatic heterocycles. The first-order chi connectivity index (χ1) is 17.9. The van der Waals surface area contributed by atoms with Gasteiger partial charge < -0.3 is 4.90 Å². The smallest absolute Gasteiger partial charge is 0.299 e. The Morgan fingerprint density at radius 1 is 0.892 bits per heavy atom. The molecule has 2 amide bonds. The molecule has 186 valence electrons. The quantitative estimate of drug-likeness (QED) is 0.301. The van der Waals surface area contributed by atoms with Gasteiger partial charge in [0.2, 0.25) is 5.70 Å². The number of carbonyl (C=O) groups is 2. The van der Waals surface area contributed by atoms with E-state index in [1.165, 1.54) is 4.68 Å².